The molecule has 2 aliphatic rings. The summed E-state index contributed by atoms with van der Waals surface area (Å²) in [5, 5.41) is 7.05. The van der Waals surface area contributed by atoms with Gasteiger partial charge in [0.05, 0.1) is 25.2 Å². The summed E-state index contributed by atoms with van der Waals surface area (Å²) in [6.45, 7) is 10.7. The maximum absolute atomic E-state index is 12.2. The molecule has 1 aliphatic heterocycles. The van der Waals surface area contributed by atoms with E-state index >= 15 is 0 Å². The molecular formula is C27H42ClN7O3S. The van der Waals surface area contributed by atoms with Crippen LogP contribution in [-0.2, 0) is 10.0 Å². The van der Waals surface area contributed by atoms with Crippen LogP contribution >= 0.6 is 11.6 Å². The normalized spacial score (nSPS) is 21.2. The third-order valence-electron chi connectivity index (χ3n) is 7.81. The molecule has 0 radical (unpaired) electrons. The Morgan fingerprint density at radius 3 is 2.46 bits per heavy atom. The zero-order valence-corrected chi connectivity index (χ0v) is 25.4. The van der Waals surface area contributed by atoms with Crippen molar-refractivity contribution in [3.8, 4) is 5.75 Å². The molecule has 0 unspecified atom stereocenters. The van der Waals surface area contributed by atoms with Crippen molar-refractivity contribution < 1.29 is 13.2 Å². The van der Waals surface area contributed by atoms with E-state index in [2.05, 4.69) is 57.2 Å². The summed E-state index contributed by atoms with van der Waals surface area (Å²) >= 11 is 6.46. The second-order valence-corrected chi connectivity index (χ2v) is 13.9. The molecule has 0 spiro atoms. The lowest BCUT2D eigenvalue weighted by Crippen LogP contribution is -2.53. The van der Waals surface area contributed by atoms with Gasteiger partial charge in [0.25, 0.3) is 0 Å². The second kappa shape index (κ2) is 12.0. The topological polar surface area (TPSA) is 103 Å². The van der Waals surface area contributed by atoms with Crippen LogP contribution in [0.2, 0.25) is 5.02 Å². The number of aromatic nitrogens is 2. The molecule has 1 aromatic heterocycles. The summed E-state index contributed by atoms with van der Waals surface area (Å²) in [6.07, 6.45) is 6.38. The van der Waals surface area contributed by atoms with Gasteiger partial charge in [0.1, 0.15) is 10.8 Å². The largest absolute Gasteiger partial charge is 0.494 e. The molecule has 10 nitrogen and oxygen atoms in total. The average Bonchev–Trinajstić information content (AvgIpc) is 2.90. The van der Waals surface area contributed by atoms with Crippen molar-refractivity contribution in [3.63, 3.8) is 0 Å². The number of benzene rings is 1. The first-order valence-corrected chi connectivity index (χ1v) is 15.8. The lowest BCUT2D eigenvalue weighted by molar-refractivity contribution is 0.128. The van der Waals surface area contributed by atoms with Crippen molar-refractivity contribution in [1.82, 2.24) is 19.2 Å². The number of methoxy groups -OCH3 is 1. The van der Waals surface area contributed by atoms with Crippen molar-refractivity contribution in [3.05, 3.63) is 29.4 Å². The summed E-state index contributed by atoms with van der Waals surface area (Å²) in [7, 11) is -0.0343. The van der Waals surface area contributed by atoms with Crippen LogP contribution in [0.4, 0.5) is 23.1 Å². The quantitative estimate of drug-likeness (QED) is 0.470. The lowest BCUT2D eigenvalue weighted by atomic mass is 9.90. The first kappa shape index (κ1) is 29.6. The van der Waals surface area contributed by atoms with Gasteiger partial charge in [-0.25, -0.2) is 17.7 Å². The summed E-state index contributed by atoms with van der Waals surface area (Å²) in [5.74, 6) is 1.54. The molecule has 2 aromatic rings. The number of hydrogen-bond donors (Lipinski definition) is 2. The number of likely N-dealkylation sites (N-methyl/N-ethyl adjacent to an activating group) is 1. The molecule has 12 heteroatoms. The van der Waals surface area contributed by atoms with Crippen molar-refractivity contribution in [1.29, 1.82) is 0 Å². The Hall–Kier alpha value is -2.34. The number of nitrogens with zero attached hydrogens (tertiary/aromatic N) is 5. The highest BCUT2D eigenvalue weighted by Crippen LogP contribution is 2.34. The van der Waals surface area contributed by atoms with Gasteiger partial charge >= 0.3 is 0 Å². The van der Waals surface area contributed by atoms with Gasteiger partial charge in [0.15, 0.2) is 5.82 Å². The molecule has 2 fully saturated rings. The molecule has 1 saturated heterocycles. The van der Waals surface area contributed by atoms with Crippen LogP contribution in [0.5, 0.6) is 5.75 Å². The fourth-order valence-electron chi connectivity index (χ4n) is 5.40. The van der Waals surface area contributed by atoms with Crippen molar-refractivity contribution >= 4 is 44.8 Å². The fourth-order valence-corrected chi connectivity index (χ4v) is 6.29. The summed E-state index contributed by atoms with van der Waals surface area (Å²) < 4.78 is 31.6. The van der Waals surface area contributed by atoms with Gasteiger partial charge in [0.2, 0.25) is 16.0 Å². The van der Waals surface area contributed by atoms with Crippen LogP contribution in [0.3, 0.4) is 0 Å². The smallest absolute Gasteiger partial charge is 0.229 e. The van der Waals surface area contributed by atoms with E-state index in [1.807, 2.05) is 12.1 Å². The van der Waals surface area contributed by atoms with Crippen molar-refractivity contribution in [2.45, 2.75) is 64.1 Å². The third kappa shape index (κ3) is 7.25. The number of hydrogen-bond acceptors (Lipinski definition) is 9. The molecule has 0 bridgehead atoms. The Morgan fingerprint density at radius 1 is 1.13 bits per heavy atom. The van der Waals surface area contributed by atoms with Gasteiger partial charge in [-0.1, -0.05) is 24.4 Å². The molecule has 1 saturated carbocycles. The van der Waals surface area contributed by atoms with Gasteiger partial charge in [-0.3, -0.25) is 4.90 Å². The molecule has 2 N–H and O–H groups in total. The number of sulfonamides is 1. The minimum atomic E-state index is -3.32. The Kier molecular flexibility index (Phi) is 9.15. The van der Waals surface area contributed by atoms with E-state index in [-0.39, 0.29) is 17.6 Å². The van der Waals surface area contributed by atoms with Crippen molar-refractivity contribution in [2.75, 3.05) is 62.1 Å². The maximum atomic E-state index is 12.2. The first-order chi connectivity index (χ1) is 18.4. The molecule has 0 amide bonds. The van der Waals surface area contributed by atoms with Gasteiger partial charge in [-0.2, -0.15) is 4.98 Å². The van der Waals surface area contributed by atoms with E-state index in [9.17, 15) is 8.42 Å². The maximum Gasteiger partial charge on any atom is 0.229 e. The van der Waals surface area contributed by atoms with Crippen LogP contribution < -0.4 is 20.3 Å². The SMILES string of the molecule is COc1cc(N2CCN(C(C)(C)C)CC2)ccc1Nc1ncc(Cl)c(N[C@@H]2CCCC[C@H]2N(C)S(C)(=O)=O)n1. The Labute approximate surface area is 238 Å². The van der Waals surface area contributed by atoms with Crippen molar-refractivity contribution in [2.24, 2.45) is 0 Å². The molecule has 2 heterocycles. The summed E-state index contributed by atoms with van der Waals surface area (Å²) in [4.78, 5) is 13.9. The monoisotopic (exact) mass is 579 g/mol. The van der Waals surface area contributed by atoms with Crippen LogP contribution in [-0.4, -0.2) is 91.8 Å². The third-order valence-corrected chi connectivity index (χ3v) is 9.40. The highest BCUT2D eigenvalue weighted by atomic mass is 35.5. The van der Waals surface area contributed by atoms with Crippen LogP contribution in [0, 0.1) is 0 Å². The first-order valence-electron chi connectivity index (χ1n) is 13.5. The number of ether oxygens (including phenoxy) is 1. The Morgan fingerprint density at radius 2 is 1.82 bits per heavy atom. The second-order valence-electron chi connectivity index (χ2n) is 11.4. The van der Waals surface area contributed by atoms with Gasteiger partial charge in [-0.15, -0.1) is 0 Å². The van der Waals surface area contributed by atoms with Gasteiger partial charge in [0, 0.05) is 62.6 Å². The molecule has 2 atom stereocenters. The van der Waals surface area contributed by atoms with E-state index in [0.29, 0.717) is 22.5 Å². The van der Waals surface area contributed by atoms with Gasteiger partial charge < -0.3 is 20.3 Å². The Balaban J connectivity index is 1.48. The molecule has 1 aromatic carbocycles. The van der Waals surface area contributed by atoms with E-state index < -0.39 is 10.0 Å². The van der Waals surface area contributed by atoms with E-state index in [4.69, 9.17) is 16.3 Å². The number of anilines is 4. The number of rotatable bonds is 8. The summed E-state index contributed by atoms with van der Waals surface area (Å²) in [5.41, 5.74) is 2.03. The van der Waals surface area contributed by atoms with Gasteiger partial charge in [-0.05, 0) is 45.7 Å². The fraction of sp³-hybridized carbons (Fsp3) is 0.630. The predicted molar refractivity (Wildman–Crippen MR) is 159 cm³/mol. The molecular weight excluding hydrogens is 538 g/mol. The highest BCUT2D eigenvalue weighted by molar-refractivity contribution is 7.88. The van der Waals surface area contributed by atoms with Crippen LogP contribution in [0.15, 0.2) is 24.4 Å². The Bertz CT molecular complexity index is 1250. The molecule has 4 rings (SSSR count). The number of piperazine rings is 1. The average molecular weight is 580 g/mol. The van der Waals surface area contributed by atoms with Crippen LogP contribution in [0.1, 0.15) is 46.5 Å². The van der Waals surface area contributed by atoms with E-state index in [0.717, 1.165) is 63.2 Å². The molecule has 216 valence electrons. The zero-order chi connectivity index (χ0) is 28.4. The minimum Gasteiger partial charge on any atom is -0.494 e. The van der Waals surface area contributed by atoms with E-state index in [1.165, 1.54) is 10.6 Å². The molecule has 39 heavy (non-hydrogen) atoms. The number of halogens is 1. The predicted octanol–water partition coefficient (Wildman–Crippen LogP) is 4.42. The lowest BCUT2D eigenvalue weighted by Gasteiger charge is -2.43. The van der Waals surface area contributed by atoms with Crippen LogP contribution in [0.25, 0.3) is 0 Å². The molecule has 1 aliphatic carbocycles. The standard InChI is InChI=1S/C27H42ClN7O3S/c1-27(2,3)35-15-13-34(14-16-35)19-11-12-22(24(17-19)38-5)31-26-29-18-20(28)25(32-26)30-21-9-7-8-10-23(21)33(4)39(6,36)37/h11-12,17-18,21,23H,7-10,13-16H2,1-6H3,(H2,29,30,31,32)/t21-,23-/m1/s1. The van der Waals surface area contributed by atoms with E-state index in [1.54, 1.807) is 20.4 Å². The summed E-state index contributed by atoms with van der Waals surface area (Å²) in [6, 6.07) is 5.83. The minimum absolute atomic E-state index is 0.105. The zero-order valence-electron chi connectivity index (χ0n) is 23.9. The number of nitrogens with one attached hydrogen (secondary N) is 2. The highest BCUT2D eigenvalue weighted by Gasteiger charge is 2.33.